The smallest absolute Gasteiger partial charge is 0.339 e. The van der Waals surface area contributed by atoms with Crippen LogP contribution in [-0.4, -0.2) is 35.6 Å². The minimum Gasteiger partial charge on any atom is -0.339 e. The van der Waals surface area contributed by atoms with E-state index in [-0.39, 0.29) is 5.95 Å². The molecule has 0 amide bonds. The molecule has 0 bridgehead atoms. The molecule has 0 aliphatic carbocycles. The van der Waals surface area contributed by atoms with E-state index in [1.807, 2.05) is 4.90 Å². The first-order chi connectivity index (χ1) is 9.04. The topological polar surface area (TPSA) is 41.1 Å². The van der Waals surface area contributed by atoms with Crippen LogP contribution in [0.1, 0.15) is 18.5 Å². The largest absolute Gasteiger partial charge is 0.433 e. The summed E-state index contributed by atoms with van der Waals surface area (Å²) in [5.41, 5.74) is -0.875. The molecule has 1 aromatic rings. The first kappa shape index (κ1) is 12.7. The molecule has 0 saturated carbocycles. The van der Waals surface area contributed by atoms with Gasteiger partial charge >= 0.3 is 6.18 Å². The molecule has 0 radical (unpaired) electrons. The third-order valence-corrected chi connectivity index (χ3v) is 3.82. The third kappa shape index (κ3) is 2.51. The first-order valence-electron chi connectivity index (χ1n) is 6.42. The normalized spacial score (nSPS) is 27.4. The second-order valence-corrected chi connectivity index (χ2v) is 5.11. The van der Waals surface area contributed by atoms with Crippen molar-refractivity contribution in [3.05, 3.63) is 18.0 Å². The number of anilines is 1. The Hall–Kier alpha value is -1.37. The lowest BCUT2D eigenvalue weighted by atomic mass is 9.94. The predicted octanol–water partition coefficient (Wildman–Crippen LogP) is 1.68. The lowest BCUT2D eigenvalue weighted by Crippen LogP contribution is -2.40. The van der Waals surface area contributed by atoms with Crippen molar-refractivity contribution in [3.63, 3.8) is 0 Å². The van der Waals surface area contributed by atoms with Crippen molar-refractivity contribution < 1.29 is 13.2 Å². The minimum atomic E-state index is -4.41. The molecule has 104 valence electrons. The second kappa shape index (κ2) is 4.63. The number of nitrogens with one attached hydrogen (secondary N) is 1. The summed E-state index contributed by atoms with van der Waals surface area (Å²) in [6.45, 7) is 2.41. The van der Waals surface area contributed by atoms with Gasteiger partial charge in [0.05, 0.1) is 0 Å². The number of piperidine rings is 1. The molecule has 3 rings (SSSR count). The number of hydrogen-bond acceptors (Lipinski definition) is 4. The molecule has 2 saturated heterocycles. The highest BCUT2D eigenvalue weighted by Crippen LogP contribution is 2.30. The van der Waals surface area contributed by atoms with Gasteiger partial charge in [0.15, 0.2) is 0 Å². The lowest BCUT2D eigenvalue weighted by Gasteiger charge is -2.24. The van der Waals surface area contributed by atoms with Gasteiger partial charge < -0.3 is 10.2 Å². The molecule has 0 aromatic carbocycles. The summed E-state index contributed by atoms with van der Waals surface area (Å²) in [5, 5.41) is 3.41. The maximum atomic E-state index is 12.6. The van der Waals surface area contributed by atoms with Crippen molar-refractivity contribution in [1.82, 2.24) is 15.3 Å². The van der Waals surface area contributed by atoms with E-state index >= 15 is 0 Å². The van der Waals surface area contributed by atoms with Crippen LogP contribution in [0.3, 0.4) is 0 Å². The van der Waals surface area contributed by atoms with Crippen LogP contribution in [0, 0.1) is 5.92 Å². The third-order valence-electron chi connectivity index (χ3n) is 3.82. The highest BCUT2D eigenvalue weighted by atomic mass is 19.4. The van der Waals surface area contributed by atoms with E-state index in [9.17, 15) is 13.2 Å². The quantitative estimate of drug-likeness (QED) is 0.844. The maximum absolute atomic E-state index is 12.6. The van der Waals surface area contributed by atoms with Gasteiger partial charge in [-0.25, -0.2) is 9.97 Å². The van der Waals surface area contributed by atoms with Gasteiger partial charge in [0, 0.05) is 25.3 Å². The van der Waals surface area contributed by atoms with Crippen LogP contribution in [0.5, 0.6) is 0 Å². The molecule has 1 N–H and O–H groups in total. The zero-order valence-electron chi connectivity index (χ0n) is 10.3. The number of aromatic nitrogens is 2. The maximum Gasteiger partial charge on any atom is 0.433 e. The molecule has 0 spiro atoms. The molecule has 0 unspecified atom stereocenters. The fourth-order valence-electron chi connectivity index (χ4n) is 2.87. The summed E-state index contributed by atoms with van der Waals surface area (Å²) in [6.07, 6.45) is -0.992. The number of alkyl halides is 3. The summed E-state index contributed by atoms with van der Waals surface area (Å²) in [6, 6.07) is 1.26. The number of fused-ring (bicyclic) bond motifs is 1. The van der Waals surface area contributed by atoms with Crippen LogP contribution in [0.4, 0.5) is 19.1 Å². The molecular formula is C12H15F3N4. The molecule has 3 heterocycles. The van der Waals surface area contributed by atoms with Crippen LogP contribution in [0.15, 0.2) is 12.3 Å². The SMILES string of the molecule is FC(F)(F)c1ccnc(N2C[C@@H]3CCCN[C@@H]3C2)n1. The summed E-state index contributed by atoms with van der Waals surface area (Å²) >= 11 is 0. The molecule has 2 aliphatic rings. The van der Waals surface area contributed by atoms with E-state index < -0.39 is 11.9 Å². The summed E-state index contributed by atoms with van der Waals surface area (Å²) in [4.78, 5) is 9.48. The van der Waals surface area contributed by atoms with E-state index in [1.54, 1.807) is 0 Å². The summed E-state index contributed by atoms with van der Waals surface area (Å²) in [7, 11) is 0. The van der Waals surface area contributed by atoms with Crippen molar-refractivity contribution in [1.29, 1.82) is 0 Å². The fraction of sp³-hybridized carbons (Fsp3) is 0.667. The van der Waals surface area contributed by atoms with Gasteiger partial charge in [0.1, 0.15) is 5.69 Å². The van der Waals surface area contributed by atoms with E-state index in [0.29, 0.717) is 18.5 Å². The Kier molecular flexibility index (Phi) is 3.08. The van der Waals surface area contributed by atoms with Gasteiger partial charge in [-0.15, -0.1) is 0 Å². The van der Waals surface area contributed by atoms with Gasteiger partial charge in [0.2, 0.25) is 5.95 Å². The highest BCUT2D eigenvalue weighted by molar-refractivity contribution is 5.34. The Morgan fingerprint density at radius 1 is 1.32 bits per heavy atom. The van der Waals surface area contributed by atoms with Crippen LogP contribution in [-0.2, 0) is 6.18 Å². The lowest BCUT2D eigenvalue weighted by molar-refractivity contribution is -0.141. The molecule has 19 heavy (non-hydrogen) atoms. The van der Waals surface area contributed by atoms with Crippen molar-refractivity contribution in [2.24, 2.45) is 5.92 Å². The van der Waals surface area contributed by atoms with Gasteiger partial charge in [-0.2, -0.15) is 13.2 Å². The van der Waals surface area contributed by atoms with Crippen molar-refractivity contribution in [2.75, 3.05) is 24.5 Å². The second-order valence-electron chi connectivity index (χ2n) is 5.11. The first-order valence-corrected chi connectivity index (χ1v) is 6.42. The van der Waals surface area contributed by atoms with Crippen molar-refractivity contribution >= 4 is 5.95 Å². The van der Waals surface area contributed by atoms with Crippen molar-refractivity contribution in [2.45, 2.75) is 25.1 Å². The van der Waals surface area contributed by atoms with Crippen LogP contribution in [0.2, 0.25) is 0 Å². The van der Waals surface area contributed by atoms with Gasteiger partial charge in [-0.05, 0) is 31.4 Å². The Morgan fingerprint density at radius 2 is 2.16 bits per heavy atom. The average molecular weight is 272 g/mol. The Balaban J connectivity index is 1.80. The molecule has 7 heteroatoms. The minimum absolute atomic E-state index is 0.186. The van der Waals surface area contributed by atoms with Gasteiger partial charge in [0.25, 0.3) is 0 Å². The Bertz CT molecular complexity index is 449. The van der Waals surface area contributed by atoms with Gasteiger partial charge in [-0.3, -0.25) is 0 Å². The van der Waals surface area contributed by atoms with E-state index in [4.69, 9.17) is 0 Å². The van der Waals surface area contributed by atoms with Crippen molar-refractivity contribution in [3.8, 4) is 0 Å². The van der Waals surface area contributed by atoms with Crippen LogP contribution >= 0.6 is 0 Å². The van der Waals surface area contributed by atoms with E-state index in [2.05, 4.69) is 15.3 Å². The van der Waals surface area contributed by atoms with E-state index in [0.717, 1.165) is 32.0 Å². The number of rotatable bonds is 1. The molecule has 2 fully saturated rings. The summed E-state index contributed by atoms with van der Waals surface area (Å²) < 4.78 is 37.9. The zero-order valence-corrected chi connectivity index (χ0v) is 10.3. The Labute approximate surface area is 109 Å². The number of hydrogen-bond donors (Lipinski definition) is 1. The zero-order chi connectivity index (χ0) is 13.5. The fourth-order valence-corrected chi connectivity index (χ4v) is 2.87. The Morgan fingerprint density at radius 3 is 2.89 bits per heavy atom. The standard InChI is InChI=1S/C12H15F3N4/c13-12(14,15)10-3-5-17-11(18-10)19-6-8-2-1-4-16-9(8)7-19/h3,5,8-9,16H,1-2,4,6-7H2/t8-,9+/m0/s1. The number of halogens is 3. The van der Waals surface area contributed by atoms with Crippen LogP contribution in [0.25, 0.3) is 0 Å². The monoisotopic (exact) mass is 272 g/mol. The van der Waals surface area contributed by atoms with Crippen LogP contribution < -0.4 is 10.2 Å². The molecule has 1 aromatic heterocycles. The molecule has 4 nitrogen and oxygen atoms in total. The summed E-state index contributed by atoms with van der Waals surface area (Å²) in [5.74, 6) is 0.679. The van der Waals surface area contributed by atoms with E-state index in [1.165, 1.54) is 6.20 Å². The van der Waals surface area contributed by atoms with Gasteiger partial charge in [-0.1, -0.05) is 0 Å². The molecule has 2 atom stereocenters. The molecule has 2 aliphatic heterocycles. The average Bonchev–Trinajstić information content (AvgIpc) is 2.81. The highest BCUT2D eigenvalue weighted by Gasteiger charge is 2.37. The predicted molar refractivity (Wildman–Crippen MR) is 63.8 cm³/mol. The number of nitrogens with zero attached hydrogens (tertiary/aromatic N) is 3. The molecular weight excluding hydrogens is 257 g/mol.